The van der Waals surface area contributed by atoms with Crippen LogP contribution >= 0.6 is 0 Å². The molecular weight excluding hydrogens is 654 g/mol. The molecule has 0 spiro atoms. The zero-order chi connectivity index (χ0) is 35.9. The molecule has 0 fully saturated rings. The second-order valence-corrected chi connectivity index (χ2v) is 12.6. The second kappa shape index (κ2) is 16.1. The van der Waals surface area contributed by atoms with Crippen LogP contribution in [-0.4, -0.2) is 71.4 Å². The summed E-state index contributed by atoms with van der Waals surface area (Å²) in [5.74, 6) is 0.999. The van der Waals surface area contributed by atoms with Gasteiger partial charge in [0.25, 0.3) is 0 Å². The van der Waals surface area contributed by atoms with Gasteiger partial charge in [0.15, 0.2) is 52.7 Å². The number of hydrogen-bond acceptors (Lipinski definition) is 11. The highest BCUT2D eigenvalue weighted by atomic mass is 16.7. The first kappa shape index (κ1) is 35.5. The molecule has 0 bridgehead atoms. The number of carbonyl (C=O) groups is 4. The third kappa shape index (κ3) is 8.69. The molecule has 51 heavy (non-hydrogen) atoms. The zero-order valence-corrected chi connectivity index (χ0v) is 28.3. The van der Waals surface area contributed by atoms with Crippen molar-refractivity contribution in [2.24, 2.45) is 0 Å². The molecule has 2 aliphatic rings. The van der Waals surface area contributed by atoms with E-state index in [9.17, 15) is 29.4 Å². The normalized spacial score (nSPS) is 14.6. The molecule has 2 N–H and O–H groups in total. The fourth-order valence-electron chi connectivity index (χ4n) is 6.17. The second-order valence-electron chi connectivity index (χ2n) is 12.6. The van der Waals surface area contributed by atoms with Crippen LogP contribution in [0, 0.1) is 0 Å². The lowest BCUT2D eigenvalue weighted by atomic mass is 9.96. The van der Waals surface area contributed by atoms with E-state index < -0.39 is 6.29 Å². The minimum Gasteiger partial charge on any atom is -0.486 e. The quantitative estimate of drug-likeness (QED) is 0.155. The van der Waals surface area contributed by atoms with E-state index in [2.05, 4.69) is 0 Å². The monoisotopic (exact) mass is 693 g/mol. The first-order valence-corrected chi connectivity index (χ1v) is 16.8. The summed E-state index contributed by atoms with van der Waals surface area (Å²) < 4.78 is 21.8. The number of carbonyl (C=O) groups excluding carboxylic acids is 4. The van der Waals surface area contributed by atoms with Crippen LogP contribution in [0.15, 0.2) is 78.9 Å². The third-order valence-electron chi connectivity index (χ3n) is 8.79. The van der Waals surface area contributed by atoms with Crippen LogP contribution in [0.4, 0.5) is 0 Å². The van der Waals surface area contributed by atoms with Gasteiger partial charge >= 0.3 is 0 Å². The van der Waals surface area contributed by atoms with Crippen molar-refractivity contribution in [1.29, 1.82) is 0 Å². The minimum absolute atomic E-state index is 0.00214. The Morgan fingerprint density at radius 1 is 0.647 bits per heavy atom. The smallest absolute Gasteiger partial charge is 0.232 e. The maximum Gasteiger partial charge on any atom is 0.232 e. The van der Waals surface area contributed by atoms with E-state index >= 15 is 0 Å². The van der Waals surface area contributed by atoms with Gasteiger partial charge in [-0.05, 0) is 66.2 Å². The molecule has 0 saturated heterocycles. The van der Waals surface area contributed by atoms with Crippen molar-refractivity contribution in [1.82, 2.24) is 4.90 Å². The van der Waals surface area contributed by atoms with Crippen molar-refractivity contribution in [3.63, 3.8) is 0 Å². The topological polar surface area (TPSA) is 149 Å². The fourth-order valence-corrected chi connectivity index (χ4v) is 6.17. The molecule has 0 amide bonds. The highest BCUT2D eigenvalue weighted by molar-refractivity contribution is 6.04. The maximum atomic E-state index is 13.3. The van der Waals surface area contributed by atoms with Crippen LogP contribution in [0.3, 0.4) is 0 Å². The van der Waals surface area contributed by atoms with Crippen LogP contribution in [0.2, 0.25) is 0 Å². The summed E-state index contributed by atoms with van der Waals surface area (Å²) in [6, 6.07) is 22.3. The van der Waals surface area contributed by atoms with Gasteiger partial charge in [-0.15, -0.1) is 0 Å². The van der Waals surface area contributed by atoms with Gasteiger partial charge < -0.3 is 29.2 Å². The molecule has 6 rings (SSSR count). The Kier molecular flexibility index (Phi) is 11.2. The molecule has 0 aliphatic carbocycles. The Bertz CT molecular complexity index is 1950. The summed E-state index contributed by atoms with van der Waals surface area (Å²) >= 11 is 0. The minimum atomic E-state index is -1.12. The predicted molar refractivity (Wildman–Crippen MR) is 186 cm³/mol. The Morgan fingerprint density at radius 2 is 1.25 bits per heavy atom. The summed E-state index contributed by atoms with van der Waals surface area (Å²) in [4.78, 5) is 54.5. The Balaban J connectivity index is 1.05. The number of ketones is 4. The number of aliphatic hydroxyl groups excluding tert-OH is 2. The van der Waals surface area contributed by atoms with Crippen LogP contribution < -0.4 is 18.9 Å². The molecule has 2 heterocycles. The van der Waals surface area contributed by atoms with Gasteiger partial charge in [-0.2, -0.15) is 0 Å². The number of aliphatic hydroxyl groups is 2. The summed E-state index contributed by atoms with van der Waals surface area (Å²) in [5, 5.41) is 19.6. The van der Waals surface area contributed by atoms with Crippen molar-refractivity contribution in [3.05, 3.63) is 118 Å². The molecule has 2 aliphatic heterocycles. The largest absolute Gasteiger partial charge is 0.486 e. The first-order valence-electron chi connectivity index (χ1n) is 16.8. The van der Waals surface area contributed by atoms with E-state index in [0.29, 0.717) is 71.4 Å². The number of benzene rings is 4. The maximum absolute atomic E-state index is 13.3. The average molecular weight is 694 g/mol. The highest BCUT2D eigenvalue weighted by Crippen LogP contribution is 2.33. The lowest BCUT2D eigenvalue weighted by Gasteiger charge is -2.23. The molecule has 4 aromatic rings. The van der Waals surface area contributed by atoms with E-state index in [1.54, 1.807) is 54.6 Å². The Hall–Kier alpha value is -5.36. The Labute approximate surface area is 295 Å². The standard InChI is InChI=1S/C40H39NO10/c1-41(22-28-4-2-3-5-30(28)34(45)12-10-32(43)26-8-14-36-38(19-26)49-17-16-48-36)21-25-6-7-29(23-42)31(18-25)35(46)13-11-33(44)27-9-15-37-39(20-27)51-40(47)24-50-37/h2-9,14-15,18-20,40,42,47H,10-13,16-17,21-24H2,1H3. The van der Waals surface area contributed by atoms with Crippen LogP contribution in [0.5, 0.6) is 23.0 Å². The molecule has 11 nitrogen and oxygen atoms in total. The number of fused-ring (bicyclic) bond motifs is 2. The zero-order valence-electron chi connectivity index (χ0n) is 28.3. The van der Waals surface area contributed by atoms with Crippen molar-refractivity contribution in [2.75, 3.05) is 26.9 Å². The van der Waals surface area contributed by atoms with E-state index in [4.69, 9.17) is 18.9 Å². The molecule has 0 radical (unpaired) electrons. The first-order chi connectivity index (χ1) is 24.7. The predicted octanol–water partition coefficient (Wildman–Crippen LogP) is 5.36. The van der Waals surface area contributed by atoms with Gasteiger partial charge in [0.2, 0.25) is 6.29 Å². The van der Waals surface area contributed by atoms with Crippen molar-refractivity contribution < 1.29 is 48.3 Å². The van der Waals surface area contributed by atoms with Crippen LogP contribution in [0.25, 0.3) is 0 Å². The SMILES string of the molecule is CN(Cc1ccc(CO)c(C(=O)CCC(=O)c2ccc3c(c2)OC(O)CO3)c1)Cc1ccccc1C(=O)CCC(=O)c1ccc2c(c1)OCCO2. The summed E-state index contributed by atoms with van der Waals surface area (Å²) in [7, 11) is 1.90. The van der Waals surface area contributed by atoms with Crippen LogP contribution in [0.1, 0.15) is 83.8 Å². The number of rotatable bonds is 15. The number of nitrogens with zero attached hydrogens (tertiary/aromatic N) is 1. The summed E-state index contributed by atoms with van der Waals surface area (Å²) in [5.41, 5.74) is 3.80. The molecule has 0 aromatic heterocycles. The third-order valence-corrected chi connectivity index (χ3v) is 8.79. The van der Waals surface area contributed by atoms with Gasteiger partial charge in [-0.1, -0.05) is 36.4 Å². The van der Waals surface area contributed by atoms with E-state index in [1.807, 2.05) is 30.1 Å². The van der Waals surface area contributed by atoms with Crippen molar-refractivity contribution in [2.45, 2.75) is 51.7 Å². The van der Waals surface area contributed by atoms with E-state index in [-0.39, 0.29) is 67.8 Å². The molecular formula is C40H39NO10. The Morgan fingerprint density at radius 3 is 1.96 bits per heavy atom. The van der Waals surface area contributed by atoms with E-state index in [0.717, 1.165) is 11.1 Å². The number of Topliss-reactive ketones (excluding diaryl/α,β-unsaturated/α-hetero) is 4. The van der Waals surface area contributed by atoms with Gasteiger partial charge in [0, 0.05) is 61.0 Å². The van der Waals surface area contributed by atoms with Crippen LogP contribution in [-0.2, 0) is 19.7 Å². The molecule has 1 atom stereocenters. The molecule has 4 aromatic carbocycles. The highest BCUT2D eigenvalue weighted by Gasteiger charge is 2.22. The van der Waals surface area contributed by atoms with Gasteiger partial charge in [-0.3, -0.25) is 24.1 Å². The average Bonchev–Trinajstić information content (AvgIpc) is 3.15. The fraction of sp³-hybridized carbons (Fsp3) is 0.300. The van der Waals surface area contributed by atoms with Crippen molar-refractivity contribution in [3.8, 4) is 23.0 Å². The number of hydrogen-bond donors (Lipinski definition) is 2. The summed E-state index contributed by atoms with van der Waals surface area (Å²) in [6.07, 6.45) is -1.12. The van der Waals surface area contributed by atoms with Gasteiger partial charge in [0.05, 0.1) is 6.61 Å². The lowest BCUT2D eigenvalue weighted by Crippen LogP contribution is -2.28. The summed E-state index contributed by atoms with van der Waals surface area (Å²) in [6.45, 7) is 1.42. The number of ether oxygens (including phenoxy) is 4. The lowest BCUT2D eigenvalue weighted by molar-refractivity contribution is -0.0670. The van der Waals surface area contributed by atoms with Gasteiger partial charge in [-0.25, -0.2) is 0 Å². The molecule has 1 unspecified atom stereocenters. The van der Waals surface area contributed by atoms with E-state index in [1.165, 1.54) is 6.07 Å². The van der Waals surface area contributed by atoms with Crippen molar-refractivity contribution >= 4 is 23.1 Å². The molecule has 264 valence electrons. The van der Waals surface area contributed by atoms with Gasteiger partial charge in [0.1, 0.15) is 13.2 Å². The molecule has 11 heteroatoms. The molecule has 0 saturated carbocycles.